The summed E-state index contributed by atoms with van der Waals surface area (Å²) in [4.78, 5) is 0. The van der Waals surface area contributed by atoms with Crippen LogP contribution in [0, 0.1) is 41.5 Å². The van der Waals surface area contributed by atoms with Crippen molar-refractivity contribution < 1.29 is 50.2 Å². The summed E-state index contributed by atoms with van der Waals surface area (Å²) in [7, 11) is 17.6. The number of aryl methyl sites for hydroxylation is 6. The van der Waals surface area contributed by atoms with Crippen molar-refractivity contribution in [2.24, 2.45) is 0 Å². The number of alkyl halides is 6. The van der Waals surface area contributed by atoms with Crippen LogP contribution in [-0.2, 0) is 27.4 Å². The maximum absolute atomic E-state index is 13.7. The fourth-order valence-corrected chi connectivity index (χ4v) is 37.0. The Hall–Kier alpha value is -3.82. The normalized spacial score (nSPS) is 16.8. The van der Waals surface area contributed by atoms with Crippen molar-refractivity contribution in [3.63, 3.8) is 0 Å². The number of fused-ring (bicyclic) bond motifs is 2. The van der Waals surface area contributed by atoms with Gasteiger partial charge in [-0.15, -0.1) is 0 Å². The van der Waals surface area contributed by atoms with Crippen molar-refractivity contribution in [3.05, 3.63) is 164 Å². The number of hydrogen-bond donors (Lipinski definition) is 0. The second-order valence-electron chi connectivity index (χ2n) is 16.6. The van der Waals surface area contributed by atoms with Crippen molar-refractivity contribution in [2.45, 2.75) is 74.2 Å². The molecule has 4 aromatic carbocycles. The first-order chi connectivity index (χ1) is 28.0. The molecule has 0 N–H and O–H groups in total. The molecule has 0 bridgehead atoms. The molecule has 2 atom stereocenters. The Bertz CT molecular complexity index is 2660. The van der Waals surface area contributed by atoms with Crippen molar-refractivity contribution in [2.75, 3.05) is 0 Å². The van der Waals surface area contributed by atoms with Crippen molar-refractivity contribution in [3.8, 4) is 22.3 Å². The molecule has 2 aliphatic carbocycles. The van der Waals surface area contributed by atoms with Crippen LogP contribution in [0.25, 0.3) is 45.6 Å². The molecular weight excluding hydrogens is 913 g/mol. The molecule has 8 rings (SSSR count). The van der Waals surface area contributed by atoms with Gasteiger partial charge in [-0.05, 0) is 0 Å². The van der Waals surface area contributed by atoms with Gasteiger partial charge in [-0.2, -0.15) is 0 Å². The van der Waals surface area contributed by atoms with Crippen molar-refractivity contribution in [1.29, 1.82) is 0 Å². The first kappa shape index (κ1) is 42.9. The van der Waals surface area contributed by atoms with E-state index in [4.69, 9.17) is 25.9 Å². The molecule has 0 spiro atoms. The Morgan fingerprint density at radius 3 is 1.15 bits per heavy atom. The van der Waals surface area contributed by atoms with Crippen LogP contribution in [0.1, 0.15) is 85.9 Å². The summed E-state index contributed by atoms with van der Waals surface area (Å²) < 4.78 is 94.4. The molecule has 2 heterocycles. The second-order valence-corrected chi connectivity index (χ2v) is 55.4. The molecular formula is C48H42Cl2F6O2SiZr. The predicted molar refractivity (Wildman–Crippen MR) is 230 cm³/mol. The zero-order valence-electron chi connectivity index (χ0n) is 34.2. The number of halogens is 8. The molecule has 2 aliphatic rings. The van der Waals surface area contributed by atoms with E-state index in [1.165, 1.54) is 24.3 Å². The van der Waals surface area contributed by atoms with E-state index in [1.807, 2.05) is 65.8 Å². The summed E-state index contributed by atoms with van der Waals surface area (Å²) in [5.41, 5.74) is 8.35. The molecule has 2 aromatic heterocycles. The van der Waals surface area contributed by atoms with E-state index in [1.54, 1.807) is 0 Å². The number of furan rings is 2. The summed E-state index contributed by atoms with van der Waals surface area (Å²) >= 11 is -5.74. The van der Waals surface area contributed by atoms with Gasteiger partial charge in [0.15, 0.2) is 0 Å². The zero-order valence-corrected chi connectivity index (χ0v) is 39.2. The first-order valence-corrected chi connectivity index (χ1v) is 34.9. The van der Waals surface area contributed by atoms with Crippen LogP contribution in [0.2, 0.25) is 13.1 Å². The van der Waals surface area contributed by atoms with E-state index >= 15 is 0 Å². The number of benzene rings is 4. The van der Waals surface area contributed by atoms with Crippen molar-refractivity contribution >= 4 is 45.8 Å². The van der Waals surface area contributed by atoms with Crippen LogP contribution in [0.5, 0.6) is 0 Å². The van der Waals surface area contributed by atoms with Gasteiger partial charge < -0.3 is 0 Å². The Labute approximate surface area is 353 Å². The van der Waals surface area contributed by atoms with E-state index in [9.17, 15) is 26.3 Å². The van der Waals surface area contributed by atoms with Crippen LogP contribution in [0.4, 0.5) is 26.3 Å². The summed E-state index contributed by atoms with van der Waals surface area (Å²) in [6.45, 7) is 16.0. The van der Waals surface area contributed by atoms with E-state index in [2.05, 4.69) is 37.4 Å². The minimum atomic E-state index is -5.74. The van der Waals surface area contributed by atoms with Gasteiger partial charge in [-0.1, -0.05) is 0 Å². The molecule has 0 saturated carbocycles. The summed E-state index contributed by atoms with van der Waals surface area (Å²) in [6.07, 6.45) is -4.83. The summed E-state index contributed by atoms with van der Waals surface area (Å²) in [5, 5.41) is 0. The Balaban J connectivity index is 1.43. The van der Waals surface area contributed by atoms with E-state index in [0.717, 1.165) is 103 Å². The van der Waals surface area contributed by atoms with Crippen LogP contribution >= 0.6 is 17.0 Å². The molecule has 2 unspecified atom stereocenters. The average Bonchev–Trinajstić information content (AvgIpc) is 3.94. The molecule has 0 amide bonds. The molecule has 60 heavy (non-hydrogen) atoms. The van der Waals surface area contributed by atoms with Gasteiger partial charge in [0.2, 0.25) is 0 Å². The number of allylic oxidation sites excluding steroid dienone is 2. The van der Waals surface area contributed by atoms with Gasteiger partial charge in [-0.25, -0.2) is 0 Å². The Morgan fingerprint density at radius 2 is 0.867 bits per heavy atom. The number of hydrogen-bond acceptors (Lipinski definition) is 2. The van der Waals surface area contributed by atoms with Gasteiger partial charge in [0.25, 0.3) is 0 Å². The predicted octanol–water partition coefficient (Wildman–Crippen LogP) is 16.2. The van der Waals surface area contributed by atoms with E-state index in [0.29, 0.717) is 22.6 Å². The minimum absolute atomic E-state index is 0.542. The third-order valence-electron chi connectivity index (χ3n) is 12.7. The third-order valence-corrected chi connectivity index (χ3v) is 59.0. The van der Waals surface area contributed by atoms with Crippen LogP contribution in [0.15, 0.2) is 93.8 Å². The fraction of sp³-hybridized carbons (Fsp3) is 0.250. The molecule has 12 heteroatoms. The fourth-order valence-electron chi connectivity index (χ4n) is 9.28. The van der Waals surface area contributed by atoms with E-state index < -0.39 is 51.2 Å². The standard InChI is InChI=1S/2C23H18F3O.C2H6Si.2ClH.Zr/c2*1-13-4-5-17-11-18(21-10-14(2)15(3)27-21)12-20(17)22(13)16-6-8-19(9-7-16)23(24,25)26;1-3-2;;;/h2*4-12H,1-3H3;1-2H3;2*1H;/q;;;;;+2/p-2. The molecule has 2 nitrogen and oxygen atoms in total. The van der Waals surface area contributed by atoms with E-state index in [-0.39, 0.29) is 0 Å². The van der Waals surface area contributed by atoms with Gasteiger partial charge in [0, 0.05) is 0 Å². The van der Waals surface area contributed by atoms with Gasteiger partial charge in [0.1, 0.15) is 0 Å². The molecule has 0 fully saturated rings. The monoisotopic (exact) mass is 952 g/mol. The van der Waals surface area contributed by atoms with Crippen LogP contribution < -0.4 is 0 Å². The molecule has 0 radical (unpaired) electrons. The first-order valence-electron chi connectivity index (χ1n) is 19.6. The Morgan fingerprint density at radius 1 is 0.517 bits per heavy atom. The quantitative estimate of drug-likeness (QED) is 0.123. The SMILES string of the molecule is Cc1cc(C2=Cc3c(ccc(C)c3-c3ccc(C(F)(F)F)cc3)[CH]2[Zr]([Cl])([Cl])([CH]2C(c3cc(C)c(C)o3)=Cc3c2ccc(C)c3-c2ccc(C(F)(F)F)cc2)=[Si](C)C)oc1C. The Kier molecular flexibility index (Phi) is 10.5. The molecule has 0 saturated heterocycles. The molecule has 0 aliphatic heterocycles. The molecule has 6 aromatic rings. The number of rotatable bonds is 6. The summed E-state index contributed by atoms with van der Waals surface area (Å²) in [6, 6.07) is 22.5. The third kappa shape index (κ3) is 6.79. The molecule has 310 valence electrons. The van der Waals surface area contributed by atoms with Crippen LogP contribution in [0.3, 0.4) is 0 Å². The zero-order chi connectivity index (χ0) is 43.5. The topological polar surface area (TPSA) is 26.3 Å². The van der Waals surface area contributed by atoms with Gasteiger partial charge >= 0.3 is 356 Å². The van der Waals surface area contributed by atoms with Crippen LogP contribution in [-0.4, -0.2) is 5.43 Å². The average molecular weight is 955 g/mol. The van der Waals surface area contributed by atoms with Gasteiger partial charge in [0.05, 0.1) is 0 Å². The van der Waals surface area contributed by atoms with Crippen molar-refractivity contribution in [1.82, 2.24) is 0 Å². The maximum atomic E-state index is 13.7. The van der Waals surface area contributed by atoms with Gasteiger partial charge in [-0.3, -0.25) is 0 Å². The second kappa shape index (κ2) is 14.6. The summed E-state index contributed by atoms with van der Waals surface area (Å²) in [5.74, 6) is 2.72.